The molecule has 0 atom stereocenters. The molecular weight excluding hydrogens is 332 g/mol. The molecule has 7 heteroatoms. The number of hydrogen-bond acceptors (Lipinski definition) is 5. The van der Waals surface area contributed by atoms with Gasteiger partial charge in [-0.25, -0.2) is 0 Å². The largest absolute Gasteiger partial charge is 0.360 e. The molecule has 0 radical (unpaired) electrons. The summed E-state index contributed by atoms with van der Waals surface area (Å²) < 4.78 is 4.89. The Labute approximate surface area is 151 Å². The van der Waals surface area contributed by atoms with Crippen molar-refractivity contribution in [3.63, 3.8) is 0 Å². The first kappa shape index (κ1) is 16.8. The molecule has 2 aliphatic rings. The Kier molecular flexibility index (Phi) is 4.46. The van der Waals surface area contributed by atoms with Crippen molar-refractivity contribution in [1.29, 1.82) is 0 Å². The summed E-state index contributed by atoms with van der Waals surface area (Å²) in [5.41, 5.74) is 2.86. The fraction of sp³-hybridized carbons (Fsp3) is 0.421. The van der Waals surface area contributed by atoms with Gasteiger partial charge in [-0.3, -0.25) is 19.8 Å². The summed E-state index contributed by atoms with van der Waals surface area (Å²) in [7, 11) is 0. The topological polar surface area (TPSA) is 78.7 Å². The van der Waals surface area contributed by atoms with E-state index >= 15 is 0 Å². The highest BCUT2D eigenvalue weighted by molar-refractivity contribution is 6.39. The van der Waals surface area contributed by atoms with Crippen LogP contribution in [0.2, 0.25) is 0 Å². The van der Waals surface area contributed by atoms with Gasteiger partial charge in [0.1, 0.15) is 5.76 Å². The van der Waals surface area contributed by atoms with Crippen LogP contribution in [0.4, 0.5) is 5.82 Å². The Morgan fingerprint density at radius 2 is 1.77 bits per heavy atom. The third kappa shape index (κ3) is 3.35. The molecule has 2 amide bonds. The Morgan fingerprint density at radius 3 is 2.35 bits per heavy atom. The van der Waals surface area contributed by atoms with Crippen molar-refractivity contribution in [2.45, 2.75) is 25.8 Å². The molecule has 1 saturated heterocycles. The van der Waals surface area contributed by atoms with E-state index in [0.717, 1.165) is 25.9 Å². The number of hydrogen-bond donors (Lipinski definition) is 1. The molecule has 0 spiro atoms. The smallest absolute Gasteiger partial charge is 0.315 e. The summed E-state index contributed by atoms with van der Waals surface area (Å²) in [4.78, 5) is 28.5. The van der Waals surface area contributed by atoms with Crippen LogP contribution in [-0.4, -0.2) is 59.0 Å². The highest BCUT2D eigenvalue weighted by Crippen LogP contribution is 2.26. The van der Waals surface area contributed by atoms with E-state index in [9.17, 15) is 9.59 Å². The SMILES string of the molecule is Cc1cc(NC(=O)C(=O)N2CCN(C3Cc4ccccc4C3)CC2)no1. The lowest BCUT2D eigenvalue weighted by atomic mass is 10.1. The number of nitrogens with one attached hydrogen (secondary N) is 1. The average Bonchev–Trinajstić information content (AvgIpc) is 3.27. The minimum absolute atomic E-state index is 0.267. The number of rotatable bonds is 2. The number of benzene rings is 1. The van der Waals surface area contributed by atoms with Crippen LogP contribution in [0.5, 0.6) is 0 Å². The molecule has 1 aliphatic carbocycles. The van der Waals surface area contributed by atoms with E-state index in [2.05, 4.69) is 39.6 Å². The van der Waals surface area contributed by atoms with E-state index in [1.54, 1.807) is 17.9 Å². The van der Waals surface area contributed by atoms with Gasteiger partial charge in [-0.05, 0) is 30.9 Å². The van der Waals surface area contributed by atoms with Crippen molar-refractivity contribution in [2.75, 3.05) is 31.5 Å². The second kappa shape index (κ2) is 6.92. The van der Waals surface area contributed by atoms with Crippen molar-refractivity contribution in [1.82, 2.24) is 15.0 Å². The van der Waals surface area contributed by atoms with Gasteiger partial charge < -0.3 is 9.42 Å². The van der Waals surface area contributed by atoms with Gasteiger partial charge >= 0.3 is 11.8 Å². The number of nitrogens with zero attached hydrogens (tertiary/aromatic N) is 3. The maximum absolute atomic E-state index is 12.4. The molecule has 0 saturated carbocycles. The summed E-state index contributed by atoms with van der Waals surface area (Å²) in [6, 6.07) is 10.7. The molecule has 7 nitrogen and oxygen atoms in total. The monoisotopic (exact) mass is 354 g/mol. The molecule has 2 heterocycles. The summed E-state index contributed by atoms with van der Waals surface area (Å²) in [5, 5.41) is 6.17. The van der Waals surface area contributed by atoms with Gasteiger partial charge in [-0.1, -0.05) is 29.4 Å². The number of piperazine rings is 1. The second-order valence-electron chi connectivity index (χ2n) is 6.94. The van der Waals surface area contributed by atoms with Crippen LogP contribution < -0.4 is 5.32 Å². The minimum Gasteiger partial charge on any atom is -0.360 e. The zero-order valence-electron chi connectivity index (χ0n) is 14.8. The maximum Gasteiger partial charge on any atom is 0.315 e. The molecule has 0 unspecified atom stereocenters. The molecule has 1 aromatic heterocycles. The van der Waals surface area contributed by atoms with E-state index in [0.29, 0.717) is 24.9 Å². The summed E-state index contributed by atoms with van der Waals surface area (Å²) in [5.74, 6) is -0.331. The average molecular weight is 354 g/mol. The Balaban J connectivity index is 1.29. The van der Waals surface area contributed by atoms with Crippen molar-refractivity contribution >= 4 is 17.6 Å². The standard InChI is InChI=1S/C19H22N4O3/c1-13-10-17(21-26-13)20-18(24)19(25)23-8-6-22(7-9-23)16-11-14-4-2-3-5-15(14)12-16/h2-5,10,16H,6-9,11-12H2,1H3,(H,20,21,24). The zero-order chi connectivity index (χ0) is 18.1. The number of aromatic nitrogens is 1. The lowest BCUT2D eigenvalue weighted by Gasteiger charge is -2.37. The molecule has 4 rings (SSSR count). The van der Waals surface area contributed by atoms with Crippen molar-refractivity contribution in [3.05, 3.63) is 47.2 Å². The van der Waals surface area contributed by atoms with Crippen LogP contribution in [0.15, 0.2) is 34.9 Å². The van der Waals surface area contributed by atoms with E-state index in [1.165, 1.54) is 11.1 Å². The number of fused-ring (bicyclic) bond motifs is 1. The third-order valence-electron chi connectivity index (χ3n) is 5.21. The Hall–Kier alpha value is -2.67. The van der Waals surface area contributed by atoms with Crippen molar-refractivity contribution in [3.8, 4) is 0 Å². The lowest BCUT2D eigenvalue weighted by molar-refractivity contribution is -0.144. The summed E-state index contributed by atoms with van der Waals surface area (Å²) >= 11 is 0. The molecule has 26 heavy (non-hydrogen) atoms. The number of aryl methyl sites for hydroxylation is 1. The van der Waals surface area contributed by atoms with Gasteiger partial charge in [-0.15, -0.1) is 0 Å². The van der Waals surface area contributed by atoms with E-state index in [1.807, 2.05) is 0 Å². The second-order valence-corrected chi connectivity index (χ2v) is 6.94. The van der Waals surface area contributed by atoms with Gasteiger partial charge in [-0.2, -0.15) is 0 Å². The molecule has 136 valence electrons. The molecular formula is C19H22N4O3. The molecule has 2 aromatic rings. The van der Waals surface area contributed by atoms with Crippen LogP contribution in [-0.2, 0) is 22.4 Å². The van der Waals surface area contributed by atoms with Crippen molar-refractivity contribution < 1.29 is 14.1 Å². The van der Waals surface area contributed by atoms with Crippen LogP contribution in [0.3, 0.4) is 0 Å². The number of anilines is 1. The fourth-order valence-electron chi connectivity index (χ4n) is 3.82. The molecule has 1 fully saturated rings. The summed E-state index contributed by atoms with van der Waals surface area (Å²) in [6.45, 7) is 4.44. The molecule has 0 bridgehead atoms. The van der Waals surface area contributed by atoms with Crippen LogP contribution in [0.1, 0.15) is 16.9 Å². The van der Waals surface area contributed by atoms with Crippen LogP contribution in [0.25, 0.3) is 0 Å². The van der Waals surface area contributed by atoms with E-state index < -0.39 is 11.8 Å². The summed E-state index contributed by atoms with van der Waals surface area (Å²) in [6.07, 6.45) is 2.13. The van der Waals surface area contributed by atoms with Gasteiger partial charge in [0.15, 0.2) is 5.82 Å². The number of carbonyl (C=O) groups is 2. The zero-order valence-corrected chi connectivity index (χ0v) is 14.8. The Bertz CT molecular complexity index is 799. The van der Waals surface area contributed by atoms with Crippen molar-refractivity contribution in [2.24, 2.45) is 0 Å². The quantitative estimate of drug-likeness (QED) is 0.821. The van der Waals surface area contributed by atoms with Gasteiger partial charge in [0.2, 0.25) is 0 Å². The van der Waals surface area contributed by atoms with Gasteiger partial charge in [0.05, 0.1) is 0 Å². The number of carbonyl (C=O) groups excluding carboxylic acids is 2. The predicted octanol–water partition coefficient (Wildman–Crippen LogP) is 1.23. The molecule has 1 aliphatic heterocycles. The van der Waals surface area contributed by atoms with E-state index in [-0.39, 0.29) is 5.82 Å². The third-order valence-corrected chi connectivity index (χ3v) is 5.21. The van der Waals surface area contributed by atoms with Gasteiger partial charge in [0.25, 0.3) is 0 Å². The highest BCUT2D eigenvalue weighted by atomic mass is 16.5. The first-order valence-electron chi connectivity index (χ1n) is 8.94. The van der Waals surface area contributed by atoms with Crippen LogP contribution in [0, 0.1) is 6.92 Å². The number of amides is 2. The normalized spacial score (nSPS) is 18.0. The molecule has 1 N–H and O–H groups in total. The highest BCUT2D eigenvalue weighted by Gasteiger charge is 2.32. The molecule has 1 aromatic carbocycles. The predicted molar refractivity (Wildman–Crippen MR) is 95.7 cm³/mol. The fourth-order valence-corrected chi connectivity index (χ4v) is 3.82. The first-order valence-corrected chi connectivity index (χ1v) is 8.94. The minimum atomic E-state index is -0.667. The lowest BCUT2D eigenvalue weighted by Crippen LogP contribution is -2.54. The Morgan fingerprint density at radius 1 is 1.12 bits per heavy atom. The van der Waals surface area contributed by atoms with E-state index in [4.69, 9.17) is 4.52 Å². The van der Waals surface area contributed by atoms with Crippen LogP contribution >= 0.6 is 0 Å². The van der Waals surface area contributed by atoms with Gasteiger partial charge in [0, 0.05) is 38.3 Å². The first-order chi connectivity index (χ1) is 12.6. The maximum atomic E-state index is 12.4.